The molecule has 3 heterocycles. The molecule has 0 saturated carbocycles. The molecule has 0 aliphatic carbocycles. The van der Waals surface area contributed by atoms with Gasteiger partial charge in [0, 0.05) is 6.54 Å². The molecule has 1 atom stereocenters. The molecule has 0 aromatic carbocycles. The Bertz CT molecular complexity index is 509. The minimum absolute atomic E-state index is 0.0339. The second-order valence-corrected chi connectivity index (χ2v) is 6.86. The number of oxazole rings is 1. The summed E-state index contributed by atoms with van der Waals surface area (Å²) in [4.78, 5) is 18.9. The Labute approximate surface area is 138 Å². The molecule has 0 radical (unpaired) electrons. The fourth-order valence-corrected chi connectivity index (χ4v) is 3.42. The topological polar surface area (TPSA) is 70.4 Å². The number of carbonyl (C=O) groups is 1. The summed E-state index contributed by atoms with van der Waals surface area (Å²) in [6, 6.07) is 0.0339. The van der Waals surface area contributed by atoms with Gasteiger partial charge in [0.2, 0.25) is 11.8 Å². The molecule has 3 rings (SSSR count). The first-order valence-corrected chi connectivity index (χ1v) is 8.78. The number of amides is 1. The lowest BCUT2D eigenvalue weighted by atomic mass is 9.96. The number of aryl methyl sites for hydroxylation is 2. The maximum atomic E-state index is 12.0. The maximum Gasteiger partial charge on any atom is 0.237 e. The summed E-state index contributed by atoms with van der Waals surface area (Å²) in [6.45, 7) is 8.60. The van der Waals surface area contributed by atoms with Crippen molar-refractivity contribution in [3.05, 3.63) is 17.3 Å². The van der Waals surface area contributed by atoms with E-state index in [1.165, 1.54) is 0 Å². The van der Waals surface area contributed by atoms with Crippen molar-refractivity contribution in [3.63, 3.8) is 0 Å². The van der Waals surface area contributed by atoms with Crippen molar-refractivity contribution in [2.75, 3.05) is 26.2 Å². The van der Waals surface area contributed by atoms with E-state index in [0.717, 1.165) is 75.8 Å². The van der Waals surface area contributed by atoms with Crippen LogP contribution < -0.4 is 10.6 Å². The highest BCUT2D eigenvalue weighted by atomic mass is 16.4. The second kappa shape index (κ2) is 7.45. The van der Waals surface area contributed by atoms with E-state index in [-0.39, 0.29) is 11.9 Å². The lowest BCUT2D eigenvalue weighted by Crippen LogP contribution is -2.44. The van der Waals surface area contributed by atoms with E-state index in [0.29, 0.717) is 5.92 Å². The molecule has 0 unspecified atom stereocenters. The summed E-state index contributed by atoms with van der Waals surface area (Å²) < 4.78 is 5.66. The van der Waals surface area contributed by atoms with Gasteiger partial charge >= 0.3 is 0 Å². The van der Waals surface area contributed by atoms with Crippen LogP contribution in [0.2, 0.25) is 0 Å². The van der Waals surface area contributed by atoms with Crippen molar-refractivity contribution < 1.29 is 9.21 Å². The molecule has 2 fully saturated rings. The van der Waals surface area contributed by atoms with Gasteiger partial charge in [-0.2, -0.15) is 0 Å². The molecule has 2 N–H and O–H groups in total. The van der Waals surface area contributed by atoms with Gasteiger partial charge in [0.1, 0.15) is 5.76 Å². The Hall–Kier alpha value is -1.40. The molecule has 128 valence electrons. The quantitative estimate of drug-likeness (QED) is 0.857. The summed E-state index contributed by atoms with van der Waals surface area (Å²) in [6.07, 6.45) is 4.32. The number of hydrogen-bond donors (Lipinski definition) is 2. The lowest BCUT2D eigenvalue weighted by molar-refractivity contribution is -0.123. The van der Waals surface area contributed by atoms with Gasteiger partial charge in [0.05, 0.1) is 18.3 Å². The Morgan fingerprint density at radius 3 is 2.74 bits per heavy atom. The number of rotatable bonds is 5. The highest BCUT2D eigenvalue weighted by Gasteiger charge is 2.24. The molecule has 1 aromatic heterocycles. The van der Waals surface area contributed by atoms with E-state index in [2.05, 4.69) is 20.5 Å². The molecule has 1 aromatic rings. The summed E-state index contributed by atoms with van der Waals surface area (Å²) >= 11 is 0. The summed E-state index contributed by atoms with van der Waals surface area (Å²) in [7, 11) is 0. The smallest absolute Gasteiger partial charge is 0.237 e. The number of hydrogen-bond acceptors (Lipinski definition) is 5. The molecule has 1 amide bonds. The van der Waals surface area contributed by atoms with E-state index in [1.54, 1.807) is 0 Å². The number of piperidine rings is 1. The first-order chi connectivity index (χ1) is 11.1. The predicted octanol–water partition coefficient (Wildman–Crippen LogP) is 1.37. The van der Waals surface area contributed by atoms with Crippen molar-refractivity contribution in [3.8, 4) is 0 Å². The van der Waals surface area contributed by atoms with Crippen LogP contribution in [0.3, 0.4) is 0 Å². The first-order valence-electron chi connectivity index (χ1n) is 8.78. The van der Waals surface area contributed by atoms with Gasteiger partial charge in [-0.15, -0.1) is 0 Å². The Morgan fingerprint density at radius 2 is 2.13 bits per heavy atom. The summed E-state index contributed by atoms with van der Waals surface area (Å²) in [5.41, 5.74) is 0.984. The van der Waals surface area contributed by atoms with Crippen LogP contribution in [0.25, 0.3) is 0 Å². The van der Waals surface area contributed by atoms with E-state index < -0.39 is 0 Å². The zero-order chi connectivity index (χ0) is 16.2. The van der Waals surface area contributed by atoms with Gasteiger partial charge in [0.15, 0.2) is 0 Å². The van der Waals surface area contributed by atoms with Gasteiger partial charge in [0.25, 0.3) is 0 Å². The molecule has 2 saturated heterocycles. The summed E-state index contributed by atoms with van der Waals surface area (Å²) in [5.74, 6) is 2.50. The van der Waals surface area contributed by atoms with Gasteiger partial charge < -0.3 is 15.1 Å². The average Bonchev–Trinajstić information content (AvgIpc) is 3.17. The van der Waals surface area contributed by atoms with Crippen molar-refractivity contribution in [2.24, 2.45) is 5.92 Å². The second-order valence-electron chi connectivity index (χ2n) is 6.86. The van der Waals surface area contributed by atoms with Gasteiger partial charge in [-0.25, -0.2) is 4.98 Å². The fraction of sp³-hybridized carbons (Fsp3) is 0.765. The monoisotopic (exact) mass is 320 g/mol. The van der Waals surface area contributed by atoms with Crippen molar-refractivity contribution in [1.82, 2.24) is 20.5 Å². The van der Waals surface area contributed by atoms with Crippen molar-refractivity contribution in [1.29, 1.82) is 0 Å². The average molecular weight is 320 g/mol. The number of aromatic nitrogens is 1. The standard InChI is InChI=1S/C17H28N4O2/c1-12-13(2)23-16(20-12)11-21-8-5-14(6-9-21)10-19-17(22)15-4-3-7-18-15/h14-15,18H,3-11H2,1-2H3,(H,19,22)/t15-/m0/s1. The predicted molar refractivity (Wildman–Crippen MR) is 88.0 cm³/mol. The molecule has 2 aliphatic heterocycles. The maximum absolute atomic E-state index is 12.0. The lowest BCUT2D eigenvalue weighted by Gasteiger charge is -2.31. The molecular formula is C17H28N4O2. The van der Waals surface area contributed by atoms with Crippen LogP contribution in [-0.4, -0.2) is 48.0 Å². The third kappa shape index (κ3) is 4.32. The van der Waals surface area contributed by atoms with Crippen LogP contribution in [0, 0.1) is 19.8 Å². The largest absolute Gasteiger partial charge is 0.444 e. The molecular weight excluding hydrogens is 292 g/mol. The number of likely N-dealkylation sites (tertiary alicyclic amines) is 1. The van der Waals surface area contributed by atoms with Crippen molar-refractivity contribution in [2.45, 2.75) is 52.1 Å². The van der Waals surface area contributed by atoms with Crippen LogP contribution in [0.1, 0.15) is 43.0 Å². The fourth-order valence-electron chi connectivity index (χ4n) is 3.42. The molecule has 0 spiro atoms. The van der Waals surface area contributed by atoms with E-state index >= 15 is 0 Å². The van der Waals surface area contributed by atoms with Crippen LogP contribution in [0.5, 0.6) is 0 Å². The Kier molecular flexibility index (Phi) is 5.33. The Morgan fingerprint density at radius 1 is 1.35 bits per heavy atom. The minimum atomic E-state index is 0.0339. The van der Waals surface area contributed by atoms with E-state index in [4.69, 9.17) is 4.42 Å². The van der Waals surface area contributed by atoms with Crippen LogP contribution in [-0.2, 0) is 11.3 Å². The van der Waals surface area contributed by atoms with Gasteiger partial charge in [-0.05, 0) is 65.1 Å². The van der Waals surface area contributed by atoms with Gasteiger partial charge in [-0.1, -0.05) is 0 Å². The molecule has 23 heavy (non-hydrogen) atoms. The minimum Gasteiger partial charge on any atom is -0.444 e. The van der Waals surface area contributed by atoms with E-state index in [1.807, 2.05) is 13.8 Å². The normalized spacial score (nSPS) is 23.3. The van der Waals surface area contributed by atoms with Crippen LogP contribution in [0.4, 0.5) is 0 Å². The SMILES string of the molecule is Cc1nc(CN2CCC(CNC(=O)[C@@H]3CCCN3)CC2)oc1C. The molecule has 6 heteroatoms. The third-order valence-corrected chi connectivity index (χ3v) is 5.08. The van der Waals surface area contributed by atoms with E-state index in [9.17, 15) is 4.79 Å². The zero-order valence-corrected chi connectivity index (χ0v) is 14.2. The third-order valence-electron chi connectivity index (χ3n) is 5.08. The highest BCUT2D eigenvalue weighted by molar-refractivity contribution is 5.81. The Balaban J connectivity index is 1.37. The molecule has 6 nitrogen and oxygen atoms in total. The zero-order valence-electron chi connectivity index (χ0n) is 14.2. The molecule has 0 bridgehead atoms. The summed E-state index contributed by atoms with van der Waals surface area (Å²) in [5, 5.41) is 6.37. The van der Waals surface area contributed by atoms with Gasteiger partial charge in [-0.3, -0.25) is 9.69 Å². The first kappa shape index (κ1) is 16.5. The number of nitrogens with zero attached hydrogens (tertiary/aromatic N) is 2. The van der Waals surface area contributed by atoms with Crippen LogP contribution in [0.15, 0.2) is 4.42 Å². The number of carbonyl (C=O) groups excluding carboxylic acids is 1. The number of nitrogens with one attached hydrogen (secondary N) is 2. The molecule has 2 aliphatic rings. The van der Waals surface area contributed by atoms with Crippen LogP contribution >= 0.6 is 0 Å². The van der Waals surface area contributed by atoms with Crippen molar-refractivity contribution >= 4 is 5.91 Å². The highest BCUT2D eigenvalue weighted by Crippen LogP contribution is 2.19.